The second-order valence-corrected chi connectivity index (χ2v) is 5.11. The van der Waals surface area contributed by atoms with Crippen LogP contribution >= 0.6 is 0 Å². The number of aliphatic hydroxyl groups is 1. The number of rotatable bonds is 3. The molecule has 1 aromatic carbocycles. The summed E-state index contributed by atoms with van der Waals surface area (Å²) in [6.07, 6.45) is 3.36. The first-order valence-electron chi connectivity index (χ1n) is 7.02. The molecule has 1 heterocycles. The zero-order chi connectivity index (χ0) is 15.2. The van der Waals surface area contributed by atoms with E-state index in [0.29, 0.717) is 26.2 Å². The van der Waals surface area contributed by atoms with Crippen LogP contribution in [-0.2, 0) is 9.59 Å². The number of aryl methyl sites for hydroxylation is 1. The van der Waals surface area contributed by atoms with Crippen LogP contribution in [0.5, 0.6) is 0 Å². The number of carbonyl (C=O) groups excluding carboxylic acids is 2. The highest BCUT2D eigenvalue weighted by molar-refractivity contribution is 5.92. The lowest BCUT2D eigenvalue weighted by Crippen LogP contribution is -2.50. The van der Waals surface area contributed by atoms with E-state index < -0.39 is 6.61 Å². The van der Waals surface area contributed by atoms with E-state index in [0.717, 1.165) is 5.56 Å². The van der Waals surface area contributed by atoms with Crippen molar-refractivity contribution in [1.29, 1.82) is 0 Å². The topological polar surface area (TPSA) is 60.9 Å². The molecule has 112 valence electrons. The molecule has 2 amide bonds. The Hall–Kier alpha value is -2.14. The number of carbonyl (C=O) groups is 2. The van der Waals surface area contributed by atoms with E-state index in [2.05, 4.69) is 0 Å². The van der Waals surface area contributed by atoms with E-state index >= 15 is 0 Å². The van der Waals surface area contributed by atoms with Crippen LogP contribution in [0.3, 0.4) is 0 Å². The molecule has 0 saturated carbocycles. The van der Waals surface area contributed by atoms with Crippen molar-refractivity contribution in [1.82, 2.24) is 9.80 Å². The van der Waals surface area contributed by atoms with Crippen molar-refractivity contribution in [2.75, 3.05) is 32.8 Å². The molecule has 0 unspecified atom stereocenters. The first-order chi connectivity index (χ1) is 10.1. The van der Waals surface area contributed by atoms with E-state index in [1.165, 1.54) is 5.56 Å². The fraction of sp³-hybridized carbons (Fsp3) is 0.375. The van der Waals surface area contributed by atoms with E-state index in [1.54, 1.807) is 22.0 Å². The molecule has 5 nitrogen and oxygen atoms in total. The summed E-state index contributed by atoms with van der Waals surface area (Å²) in [7, 11) is 0. The molecule has 1 aliphatic rings. The van der Waals surface area contributed by atoms with Gasteiger partial charge in [-0.15, -0.1) is 0 Å². The molecule has 21 heavy (non-hydrogen) atoms. The SMILES string of the molecule is Cc1ccc(/C=C/C(=O)N2CCN(C(=O)CO)CC2)cc1. The van der Waals surface area contributed by atoms with Crippen molar-refractivity contribution in [3.8, 4) is 0 Å². The van der Waals surface area contributed by atoms with Gasteiger partial charge in [-0.25, -0.2) is 0 Å². The molecule has 2 rings (SSSR count). The van der Waals surface area contributed by atoms with Crippen LogP contribution < -0.4 is 0 Å². The number of hydrogen-bond donors (Lipinski definition) is 1. The minimum absolute atomic E-state index is 0.0494. The molecule has 0 aromatic heterocycles. The molecule has 1 N–H and O–H groups in total. The summed E-state index contributed by atoms with van der Waals surface area (Å²) < 4.78 is 0. The monoisotopic (exact) mass is 288 g/mol. The van der Waals surface area contributed by atoms with Gasteiger partial charge in [-0.05, 0) is 18.6 Å². The predicted molar refractivity (Wildman–Crippen MR) is 80.5 cm³/mol. The van der Waals surface area contributed by atoms with Gasteiger partial charge >= 0.3 is 0 Å². The Morgan fingerprint density at radius 3 is 2.24 bits per heavy atom. The van der Waals surface area contributed by atoms with Crippen LogP contribution in [0.4, 0.5) is 0 Å². The van der Waals surface area contributed by atoms with Gasteiger partial charge < -0.3 is 14.9 Å². The Morgan fingerprint density at radius 1 is 1.10 bits per heavy atom. The quantitative estimate of drug-likeness (QED) is 0.832. The lowest BCUT2D eigenvalue weighted by atomic mass is 10.1. The zero-order valence-electron chi connectivity index (χ0n) is 12.2. The zero-order valence-corrected chi connectivity index (χ0v) is 12.2. The van der Waals surface area contributed by atoms with Gasteiger partial charge in [-0.2, -0.15) is 0 Å². The smallest absolute Gasteiger partial charge is 0.248 e. The Labute approximate surface area is 124 Å². The third-order valence-corrected chi connectivity index (χ3v) is 3.58. The molecule has 1 aliphatic heterocycles. The number of nitrogens with zero attached hydrogens (tertiary/aromatic N) is 2. The Bertz CT molecular complexity index is 529. The Balaban J connectivity index is 1.87. The summed E-state index contributed by atoms with van der Waals surface area (Å²) in [5.74, 6) is -0.330. The maximum atomic E-state index is 12.1. The largest absolute Gasteiger partial charge is 0.387 e. The van der Waals surface area contributed by atoms with Gasteiger partial charge in [0.1, 0.15) is 6.61 Å². The molecule has 5 heteroatoms. The van der Waals surface area contributed by atoms with Crippen molar-refractivity contribution in [2.45, 2.75) is 6.92 Å². The van der Waals surface area contributed by atoms with Crippen molar-refractivity contribution >= 4 is 17.9 Å². The third kappa shape index (κ3) is 4.16. The van der Waals surface area contributed by atoms with Gasteiger partial charge in [0.15, 0.2) is 0 Å². The van der Waals surface area contributed by atoms with Crippen LogP contribution in [-0.4, -0.2) is 59.5 Å². The normalized spacial score (nSPS) is 15.5. The molecule has 1 saturated heterocycles. The van der Waals surface area contributed by atoms with Gasteiger partial charge in [0.2, 0.25) is 11.8 Å². The summed E-state index contributed by atoms with van der Waals surface area (Å²) in [5.41, 5.74) is 2.17. The van der Waals surface area contributed by atoms with Gasteiger partial charge in [-0.1, -0.05) is 29.8 Å². The molecule has 1 aromatic rings. The fourth-order valence-corrected chi connectivity index (χ4v) is 2.23. The van der Waals surface area contributed by atoms with Crippen molar-refractivity contribution < 1.29 is 14.7 Å². The molecule has 1 fully saturated rings. The Morgan fingerprint density at radius 2 is 1.67 bits per heavy atom. The molecular formula is C16H20N2O3. The van der Waals surface area contributed by atoms with E-state index in [9.17, 15) is 9.59 Å². The first-order valence-corrected chi connectivity index (χ1v) is 7.02. The van der Waals surface area contributed by atoms with E-state index in [4.69, 9.17) is 5.11 Å². The molecular weight excluding hydrogens is 268 g/mol. The summed E-state index contributed by atoms with van der Waals surface area (Å²) >= 11 is 0. The third-order valence-electron chi connectivity index (χ3n) is 3.58. The average molecular weight is 288 g/mol. The minimum atomic E-state index is -0.471. The highest BCUT2D eigenvalue weighted by atomic mass is 16.3. The second kappa shape index (κ2) is 7.04. The summed E-state index contributed by atoms with van der Waals surface area (Å²) in [6, 6.07) is 7.95. The van der Waals surface area contributed by atoms with E-state index in [-0.39, 0.29) is 11.8 Å². The molecule has 0 radical (unpaired) electrons. The predicted octanol–water partition coefficient (Wildman–Crippen LogP) is 0.671. The number of amides is 2. The maximum Gasteiger partial charge on any atom is 0.248 e. The molecule has 0 spiro atoms. The highest BCUT2D eigenvalue weighted by Gasteiger charge is 2.22. The van der Waals surface area contributed by atoms with Crippen LogP contribution in [0.15, 0.2) is 30.3 Å². The van der Waals surface area contributed by atoms with Crippen molar-refractivity contribution in [3.05, 3.63) is 41.5 Å². The average Bonchev–Trinajstić information content (AvgIpc) is 2.53. The van der Waals surface area contributed by atoms with Gasteiger partial charge in [0.25, 0.3) is 0 Å². The van der Waals surface area contributed by atoms with E-state index in [1.807, 2.05) is 31.2 Å². The number of piperazine rings is 1. The first kappa shape index (κ1) is 15.3. The molecule has 0 bridgehead atoms. The highest BCUT2D eigenvalue weighted by Crippen LogP contribution is 2.07. The van der Waals surface area contributed by atoms with Crippen molar-refractivity contribution in [2.24, 2.45) is 0 Å². The van der Waals surface area contributed by atoms with Crippen LogP contribution in [0.25, 0.3) is 6.08 Å². The van der Waals surface area contributed by atoms with Crippen LogP contribution in [0, 0.1) is 6.92 Å². The summed E-state index contributed by atoms with van der Waals surface area (Å²) in [5, 5.41) is 8.81. The van der Waals surface area contributed by atoms with Crippen LogP contribution in [0.2, 0.25) is 0 Å². The van der Waals surface area contributed by atoms with Gasteiger partial charge in [0, 0.05) is 32.3 Å². The van der Waals surface area contributed by atoms with Gasteiger partial charge in [0.05, 0.1) is 0 Å². The lowest BCUT2D eigenvalue weighted by Gasteiger charge is -2.33. The number of hydrogen-bond acceptors (Lipinski definition) is 3. The van der Waals surface area contributed by atoms with Crippen LogP contribution in [0.1, 0.15) is 11.1 Å². The fourth-order valence-electron chi connectivity index (χ4n) is 2.23. The Kier molecular flexibility index (Phi) is 5.11. The number of aliphatic hydroxyl groups excluding tert-OH is 1. The number of benzene rings is 1. The standard InChI is InChI=1S/C16H20N2O3/c1-13-2-4-14(5-3-13)6-7-15(20)17-8-10-18(11-9-17)16(21)12-19/h2-7,19H,8-12H2,1H3/b7-6+. The lowest BCUT2D eigenvalue weighted by molar-refractivity contribution is -0.139. The molecule has 0 aliphatic carbocycles. The summed E-state index contributed by atoms with van der Waals surface area (Å²) in [4.78, 5) is 26.7. The van der Waals surface area contributed by atoms with Gasteiger partial charge in [-0.3, -0.25) is 9.59 Å². The minimum Gasteiger partial charge on any atom is -0.387 e. The summed E-state index contributed by atoms with van der Waals surface area (Å²) in [6.45, 7) is 3.51. The second-order valence-electron chi connectivity index (χ2n) is 5.11. The maximum absolute atomic E-state index is 12.1. The van der Waals surface area contributed by atoms with Crippen molar-refractivity contribution in [3.63, 3.8) is 0 Å². The molecule has 0 atom stereocenters.